The number of aromatic nitrogens is 2. The molecular weight excluding hydrogens is 451 g/mol. The van der Waals surface area contributed by atoms with Crippen LogP contribution in [0.4, 0.5) is 8.78 Å². The van der Waals surface area contributed by atoms with Crippen molar-refractivity contribution in [3.05, 3.63) is 86.2 Å². The molecule has 0 unspecified atom stereocenters. The van der Waals surface area contributed by atoms with Gasteiger partial charge in [0.2, 0.25) is 0 Å². The molecule has 1 heterocycles. The molecule has 0 aliphatic heterocycles. The van der Waals surface area contributed by atoms with Crippen molar-refractivity contribution in [2.24, 2.45) is 7.05 Å². The first kappa shape index (κ1) is 22.7. The highest BCUT2D eigenvalue weighted by atomic mass is 35.5. The molecule has 2 aromatic carbocycles. The van der Waals surface area contributed by atoms with Crippen LogP contribution in [0.5, 0.6) is 0 Å². The van der Waals surface area contributed by atoms with Gasteiger partial charge in [0.05, 0.1) is 26.9 Å². The zero-order valence-electron chi connectivity index (χ0n) is 16.2. The molecule has 0 fully saturated rings. The maximum Gasteiger partial charge on any atom is 0.335 e. The van der Waals surface area contributed by atoms with E-state index < -0.39 is 24.0 Å². The predicted molar refractivity (Wildman–Crippen MR) is 112 cm³/mol. The number of carboxylic acids is 1. The normalized spacial score (nSPS) is 11.0. The fraction of sp³-hybridized carbons (Fsp3) is 0.190. The summed E-state index contributed by atoms with van der Waals surface area (Å²) in [5.74, 6) is -1.78. The highest BCUT2D eigenvalue weighted by Crippen LogP contribution is 2.28. The van der Waals surface area contributed by atoms with Gasteiger partial charge in [0, 0.05) is 20.0 Å². The van der Waals surface area contributed by atoms with E-state index in [-0.39, 0.29) is 29.8 Å². The molecule has 31 heavy (non-hydrogen) atoms. The Balaban J connectivity index is 1.86. The van der Waals surface area contributed by atoms with Crippen molar-refractivity contribution >= 4 is 35.1 Å². The number of amides is 1. The van der Waals surface area contributed by atoms with Crippen LogP contribution in [0.2, 0.25) is 10.0 Å². The fourth-order valence-corrected chi connectivity index (χ4v) is 3.42. The van der Waals surface area contributed by atoms with Crippen LogP contribution in [0, 0.1) is 0 Å². The van der Waals surface area contributed by atoms with Gasteiger partial charge in [-0.05, 0) is 35.4 Å². The number of nitrogens with zero attached hydrogens (tertiary/aromatic N) is 2. The third-order valence-electron chi connectivity index (χ3n) is 4.61. The first-order valence-corrected chi connectivity index (χ1v) is 9.81. The van der Waals surface area contributed by atoms with Crippen molar-refractivity contribution in [2.45, 2.75) is 19.4 Å². The topological polar surface area (TPSA) is 84.2 Å². The van der Waals surface area contributed by atoms with Crippen LogP contribution in [0.15, 0.2) is 42.5 Å². The van der Waals surface area contributed by atoms with E-state index in [9.17, 15) is 18.4 Å². The highest BCUT2D eigenvalue weighted by molar-refractivity contribution is 6.42. The van der Waals surface area contributed by atoms with Crippen LogP contribution in [-0.4, -0.2) is 26.8 Å². The number of carboxylic acid groups (broad SMARTS) is 1. The summed E-state index contributed by atoms with van der Waals surface area (Å²) in [6.07, 6.45) is -2.80. The highest BCUT2D eigenvalue weighted by Gasteiger charge is 2.28. The number of aryl methyl sites for hydroxylation is 1. The smallest absolute Gasteiger partial charge is 0.335 e. The number of nitrogens with one attached hydrogen (secondary N) is 1. The lowest BCUT2D eigenvalue weighted by atomic mass is 10.0. The zero-order valence-corrected chi connectivity index (χ0v) is 17.7. The Bertz CT molecular complexity index is 1130. The summed E-state index contributed by atoms with van der Waals surface area (Å²) in [7, 11) is 1.35. The van der Waals surface area contributed by atoms with Crippen molar-refractivity contribution in [2.75, 3.05) is 0 Å². The summed E-state index contributed by atoms with van der Waals surface area (Å²) >= 11 is 11.9. The number of carbonyl (C=O) groups excluding carboxylic acids is 1. The van der Waals surface area contributed by atoms with E-state index in [0.717, 1.165) is 4.68 Å². The second-order valence-corrected chi connectivity index (χ2v) is 7.56. The summed E-state index contributed by atoms with van der Waals surface area (Å²) in [6, 6.07) is 10.7. The molecule has 3 aromatic rings. The largest absolute Gasteiger partial charge is 0.478 e. The summed E-state index contributed by atoms with van der Waals surface area (Å²) in [5.41, 5.74) is 0.860. The Labute approximate surface area is 186 Å². The lowest BCUT2D eigenvalue weighted by Crippen LogP contribution is -2.25. The number of rotatable bonds is 7. The van der Waals surface area contributed by atoms with Gasteiger partial charge in [0.25, 0.3) is 12.3 Å². The molecule has 0 bridgehead atoms. The van der Waals surface area contributed by atoms with E-state index in [1.54, 1.807) is 18.2 Å². The fourth-order valence-electron chi connectivity index (χ4n) is 3.09. The molecule has 0 spiro atoms. The molecule has 0 radical (unpaired) electrons. The van der Waals surface area contributed by atoms with Crippen LogP contribution in [0.1, 0.15) is 49.7 Å². The van der Waals surface area contributed by atoms with Gasteiger partial charge in [0.1, 0.15) is 5.69 Å². The van der Waals surface area contributed by atoms with Gasteiger partial charge >= 0.3 is 5.97 Å². The summed E-state index contributed by atoms with van der Waals surface area (Å²) < 4.78 is 28.3. The molecule has 0 atom stereocenters. The van der Waals surface area contributed by atoms with Crippen molar-refractivity contribution in [3.8, 4) is 0 Å². The first-order chi connectivity index (χ1) is 14.7. The Morgan fingerprint density at radius 1 is 1.10 bits per heavy atom. The maximum atomic E-state index is 13.7. The third-order valence-corrected chi connectivity index (χ3v) is 5.35. The molecule has 3 rings (SSSR count). The summed E-state index contributed by atoms with van der Waals surface area (Å²) in [4.78, 5) is 23.8. The minimum absolute atomic E-state index is 0.0303. The van der Waals surface area contributed by atoms with Gasteiger partial charge in [-0.15, -0.1) is 0 Å². The van der Waals surface area contributed by atoms with Crippen LogP contribution >= 0.6 is 23.2 Å². The van der Waals surface area contributed by atoms with Gasteiger partial charge in [-0.1, -0.05) is 41.4 Å². The standard InChI is InChI=1S/C21H17Cl2F2N3O3/c1-28-18(19(24)25)17(16(27-28)9-12-4-7-14(22)15(23)8-12)20(29)26-10-11-2-5-13(6-3-11)21(30)31/h2-8,19H,9-10H2,1H3,(H,26,29)(H,30,31). The molecule has 162 valence electrons. The van der Waals surface area contributed by atoms with Gasteiger partial charge < -0.3 is 10.4 Å². The minimum atomic E-state index is -2.91. The van der Waals surface area contributed by atoms with E-state index in [1.165, 1.54) is 31.3 Å². The second-order valence-electron chi connectivity index (χ2n) is 6.74. The van der Waals surface area contributed by atoms with Gasteiger partial charge in [-0.25, -0.2) is 13.6 Å². The van der Waals surface area contributed by atoms with E-state index in [0.29, 0.717) is 21.2 Å². The Morgan fingerprint density at radius 2 is 1.74 bits per heavy atom. The average molecular weight is 468 g/mol. The first-order valence-electron chi connectivity index (χ1n) is 9.05. The predicted octanol–water partition coefficient (Wildman–Crippen LogP) is 4.88. The molecule has 10 heteroatoms. The van der Waals surface area contributed by atoms with Gasteiger partial charge in [-0.3, -0.25) is 9.48 Å². The van der Waals surface area contributed by atoms with Gasteiger partial charge in [0.15, 0.2) is 0 Å². The lowest BCUT2D eigenvalue weighted by molar-refractivity contribution is 0.0696. The van der Waals surface area contributed by atoms with E-state index >= 15 is 0 Å². The summed E-state index contributed by atoms with van der Waals surface area (Å²) in [6.45, 7) is 0.0303. The lowest BCUT2D eigenvalue weighted by Gasteiger charge is -2.09. The van der Waals surface area contributed by atoms with Crippen LogP contribution in [0.25, 0.3) is 0 Å². The van der Waals surface area contributed by atoms with Gasteiger partial charge in [-0.2, -0.15) is 5.10 Å². The third kappa shape index (κ3) is 5.21. The Kier molecular flexibility index (Phi) is 6.92. The number of hydrogen-bond acceptors (Lipinski definition) is 3. The molecule has 0 saturated carbocycles. The maximum absolute atomic E-state index is 13.7. The quantitative estimate of drug-likeness (QED) is 0.518. The van der Waals surface area contributed by atoms with E-state index in [2.05, 4.69) is 10.4 Å². The van der Waals surface area contributed by atoms with E-state index in [1.807, 2.05) is 0 Å². The Hall–Kier alpha value is -2.97. The molecule has 1 aromatic heterocycles. The van der Waals surface area contributed by atoms with Crippen LogP contribution < -0.4 is 5.32 Å². The van der Waals surface area contributed by atoms with Crippen molar-refractivity contribution in [3.63, 3.8) is 0 Å². The van der Waals surface area contributed by atoms with Crippen molar-refractivity contribution in [1.82, 2.24) is 15.1 Å². The van der Waals surface area contributed by atoms with E-state index in [4.69, 9.17) is 28.3 Å². The van der Waals surface area contributed by atoms with Crippen molar-refractivity contribution in [1.29, 1.82) is 0 Å². The second kappa shape index (κ2) is 9.45. The summed E-state index contributed by atoms with van der Waals surface area (Å²) in [5, 5.41) is 16.3. The molecule has 0 aliphatic carbocycles. The molecule has 0 aliphatic rings. The number of aromatic carboxylic acids is 1. The number of carbonyl (C=O) groups is 2. The molecule has 2 N–H and O–H groups in total. The number of alkyl halides is 2. The zero-order chi connectivity index (χ0) is 22.7. The Morgan fingerprint density at radius 3 is 2.32 bits per heavy atom. The molecule has 1 amide bonds. The molecular formula is C21H17Cl2F2N3O3. The minimum Gasteiger partial charge on any atom is -0.478 e. The van der Waals surface area contributed by atoms with Crippen LogP contribution in [-0.2, 0) is 20.0 Å². The molecule has 0 saturated heterocycles. The monoisotopic (exact) mass is 467 g/mol. The number of hydrogen-bond donors (Lipinski definition) is 2. The van der Waals surface area contributed by atoms with Crippen molar-refractivity contribution < 1.29 is 23.5 Å². The number of benzene rings is 2. The number of halogens is 4. The SMILES string of the molecule is Cn1nc(Cc2ccc(Cl)c(Cl)c2)c(C(=O)NCc2ccc(C(=O)O)cc2)c1C(F)F. The average Bonchev–Trinajstić information content (AvgIpc) is 3.05. The molecule has 6 nitrogen and oxygen atoms in total. The van der Waals surface area contributed by atoms with Crippen LogP contribution in [0.3, 0.4) is 0 Å².